The largest absolute Gasteiger partial charge is 0.383 e. The van der Waals surface area contributed by atoms with Crippen LogP contribution in [0.25, 0.3) is 0 Å². The highest BCUT2D eigenvalue weighted by Crippen LogP contribution is 2.30. The van der Waals surface area contributed by atoms with E-state index < -0.39 is 0 Å². The maximum Gasteiger partial charge on any atom is 0.135 e. The maximum atomic E-state index is 6.18. The number of nitrogens with one attached hydrogen (secondary N) is 1. The van der Waals surface area contributed by atoms with Crippen molar-refractivity contribution in [3.05, 3.63) is 52.3 Å². The van der Waals surface area contributed by atoms with Crippen LogP contribution in [0.5, 0.6) is 0 Å². The number of hydrogen-bond donors (Lipinski definition) is 1. The number of anilines is 2. The van der Waals surface area contributed by atoms with Gasteiger partial charge in [0.15, 0.2) is 0 Å². The zero-order valence-corrected chi connectivity index (χ0v) is 12.5. The summed E-state index contributed by atoms with van der Waals surface area (Å²) in [6.07, 6.45) is 1.09. The molecule has 1 aliphatic heterocycles. The summed E-state index contributed by atoms with van der Waals surface area (Å²) in [7, 11) is 0. The summed E-state index contributed by atoms with van der Waals surface area (Å²) in [6, 6.07) is 12.1. The molecule has 0 atom stereocenters. The molecule has 0 bridgehead atoms. The number of nitrogens with zero attached hydrogens (tertiary/aromatic N) is 2. The molecule has 0 spiro atoms. The van der Waals surface area contributed by atoms with E-state index in [4.69, 9.17) is 23.2 Å². The summed E-state index contributed by atoms with van der Waals surface area (Å²) < 4.78 is 0. The average molecular weight is 308 g/mol. The number of benzene rings is 1. The van der Waals surface area contributed by atoms with Crippen molar-refractivity contribution >= 4 is 34.6 Å². The van der Waals surface area contributed by atoms with Crippen LogP contribution in [0.15, 0.2) is 36.4 Å². The molecule has 1 aliphatic rings. The molecular formula is C15H15Cl2N3. The van der Waals surface area contributed by atoms with E-state index >= 15 is 0 Å². The fourth-order valence-electron chi connectivity index (χ4n) is 2.44. The molecule has 0 fully saturated rings. The van der Waals surface area contributed by atoms with E-state index in [0.717, 1.165) is 31.6 Å². The van der Waals surface area contributed by atoms with Crippen molar-refractivity contribution in [1.29, 1.82) is 0 Å². The maximum absolute atomic E-state index is 6.18. The van der Waals surface area contributed by atoms with E-state index in [2.05, 4.69) is 33.4 Å². The van der Waals surface area contributed by atoms with E-state index in [1.54, 1.807) is 6.07 Å². The van der Waals surface area contributed by atoms with Gasteiger partial charge in [-0.3, -0.25) is 0 Å². The zero-order valence-electron chi connectivity index (χ0n) is 10.9. The molecule has 0 saturated heterocycles. The first-order chi connectivity index (χ1) is 9.74. The van der Waals surface area contributed by atoms with Crippen LogP contribution >= 0.6 is 23.2 Å². The lowest BCUT2D eigenvalue weighted by molar-refractivity contribution is 0.762. The van der Waals surface area contributed by atoms with Gasteiger partial charge in [-0.25, -0.2) is 4.98 Å². The second-order valence-electron chi connectivity index (χ2n) is 4.80. The van der Waals surface area contributed by atoms with Crippen LogP contribution in [0, 0.1) is 0 Å². The number of hydrogen-bond acceptors (Lipinski definition) is 3. The number of para-hydroxylation sites is 2. The molecule has 3 nitrogen and oxygen atoms in total. The Hall–Kier alpha value is -1.45. The molecule has 0 unspecified atom stereocenters. The van der Waals surface area contributed by atoms with Gasteiger partial charge in [0.05, 0.1) is 11.4 Å². The SMILES string of the molecule is Clc1ccc(CN2CCCNc3ccccc32)c(Cl)n1. The highest BCUT2D eigenvalue weighted by atomic mass is 35.5. The highest BCUT2D eigenvalue weighted by molar-refractivity contribution is 6.32. The first kappa shape index (κ1) is 13.5. The number of aromatic nitrogens is 1. The molecular weight excluding hydrogens is 293 g/mol. The molecule has 3 rings (SSSR count). The summed E-state index contributed by atoms with van der Waals surface area (Å²) in [5.74, 6) is 0. The predicted octanol–water partition coefficient (Wildman–Crippen LogP) is 4.21. The minimum absolute atomic E-state index is 0.427. The van der Waals surface area contributed by atoms with E-state index in [9.17, 15) is 0 Å². The monoisotopic (exact) mass is 307 g/mol. The first-order valence-corrected chi connectivity index (χ1v) is 7.38. The zero-order chi connectivity index (χ0) is 13.9. The molecule has 1 N–H and O–H groups in total. The van der Waals surface area contributed by atoms with Crippen LogP contribution in [0.3, 0.4) is 0 Å². The Morgan fingerprint density at radius 3 is 2.85 bits per heavy atom. The third-order valence-corrected chi connectivity index (χ3v) is 3.96. The fourth-order valence-corrected chi connectivity index (χ4v) is 2.85. The molecule has 2 aromatic rings. The minimum Gasteiger partial charge on any atom is -0.383 e. The van der Waals surface area contributed by atoms with Gasteiger partial charge < -0.3 is 10.2 Å². The Labute approximate surface area is 128 Å². The third-order valence-electron chi connectivity index (χ3n) is 3.42. The number of halogens is 2. The van der Waals surface area contributed by atoms with Crippen molar-refractivity contribution in [1.82, 2.24) is 4.98 Å². The molecule has 5 heteroatoms. The second kappa shape index (κ2) is 5.90. The van der Waals surface area contributed by atoms with Gasteiger partial charge in [0.2, 0.25) is 0 Å². The molecule has 20 heavy (non-hydrogen) atoms. The molecule has 0 radical (unpaired) electrons. The topological polar surface area (TPSA) is 28.2 Å². The van der Waals surface area contributed by atoms with Crippen LogP contribution in [0.4, 0.5) is 11.4 Å². The van der Waals surface area contributed by atoms with E-state index in [-0.39, 0.29) is 0 Å². The smallest absolute Gasteiger partial charge is 0.135 e. The Morgan fingerprint density at radius 1 is 1.15 bits per heavy atom. The van der Waals surface area contributed by atoms with Crippen molar-refractivity contribution in [2.24, 2.45) is 0 Å². The van der Waals surface area contributed by atoms with Gasteiger partial charge in [-0.15, -0.1) is 0 Å². The van der Waals surface area contributed by atoms with Gasteiger partial charge in [0.1, 0.15) is 10.3 Å². The van der Waals surface area contributed by atoms with Gasteiger partial charge in [-0.1, -0.05) is 41.4 Å². The van der Waals surface area contributed by atoms with Crippen LogP contribution in [0.2, 0.25) is 10.3 Å². The van der Waals surface area contributed by atoms with Crippen molar-refractivity contribution in [2.45, 2.75) is 13.0 Å². The standard InChI is InChI=1S/C15H15Cl2N3/c16-14-7-6-11(15(17)19-14)10-20-9-3-8-18-12-4-1-2-5-13(12)20/h1-2,4-7,18H,3,8-10H2. The van der Waals surface area contributed by atoms with Crippen LogP contribution in [0.1, 0.15) is 12.0 Å². The molecule has 0 aliphatic carbocycles. The third kappa shape index (κ3) is 2.84. The summed E-state index contributed by atoms with van der Waals surface area (Å²) in [4.78, 5) is 6.43. The lowest BCUT2D eigenvalue weighted by atomic mass is 10.2. The lowest BCUT2D eigenvalue weighted by Crippen LogP contribution is -2.23. The van der Waals surface area contributed by atoms with Crippen molar-refractivity contribution in [2.75, 3.05) is 23.3 Å². The van der Waals surface area contributed by atoms with Crippen molar-refractivity contribution < 1.29 is 0 Å². The van der Waals surface area contributed by atoms with Gasteiger partial charge >= 0.3 is 0 Å². The number of pyridine rings is 1. The van der Waals surface area contributed by atoms with Gasteiger partial charge in [-0.2, -0.15) is 0 Å². The Morgan fingerprint density at radius 2 is 2.00 bits per heavy atom. The highest BCUT2D eigenvalue weighted by Gasteiger charge is 2.16. The molecule has 0 saturated carbocycles. The molecule has 1 aromatic carbocycles. The van der Waals surface area contributed by atoms with Crippen molar-refractivity contribution in [3.8, 4) is 0 Å². The molecule has 104 valence electrons. The average Bonchev–Trinajstić information content (AvgIpc) is 2.65. The van der Waals surface area contributed by atoms with E-state index in [1.165, 1.54) is 11.4 Å². The first-order valence-electron chi connectivity index (χ1n) is 6.63. The van der Waals surface area contributed by atoms with Crippen LogP contribution in [-0.4, -0.2) is 18.1 Å². The van der Waals surface area contributed by atoms with Crippen LogP contribution < -0.4 is 10.2 Å². The summed E-state index contributed by atoms with van der Waals surface area (Å²) in [6.45, 7) is 2.71. The normalized spacial score (nSPS) is 14.4. The number of fused-ring (bicyclic) bond motifs is 1. The van der Waals surface area contributed by atoms with E-state index in [0.29, 0.717) is 10.3 Å². The van der Waals surface area contributed by atoms with Crippen molar-refractivity contribution in [3.63, 3.8) is 0 Å². The summed E-state index contributed by atoms with van der Waals surface area (Å²) in [5.41, 5.74) is 3.37. The minimum atomic E-state index is 0.427. The van der Waals surface area contributed by atoms with E-state index in [1.807, 2.05) is 12.1 Å². The quantitative estimate of drug-likeness (QED) is 0.842. The lowest BCUT2D eigenvalue weighted by Gasteiger charge is -2.24. The fraction of sp³-hybridized carbons (Fsp3) is 0.267. The molecule has 1 aromatic heterocycles. The Kier molecular flexibility index (Phi) is 3.99. The second-order valence-corrected chi connectivity index (χ2v) is 5.55. The Balaban J connectivity index is 1.90. The van der Waals surface area contributed by atoms with Gasteiger partial charge in [-0.05, 0) is 24.6 Å². The Bertz CT molecular complexity index is 616. The van der Waals surface area contributed by atoms with Gasteiger partial charge in [0, 0.05) is 25.2 Å². The van der Waals surface area contributed by atoms with Gasteiger partial charge in [0.25, 0.3) is 0 Å². The predicted molar refractivity (Wildman–Crippen MR) is 84.9 cm³/mol. The van der Waals surface area contributed by atoms with Crippen LogP contribution in [-0.2, 0) is 6.54 Å². The number of rotatable bonds is 2. The molecule has 2 heterocycles. The summed E-state index contributed by atoms with van der Waals surface area (Å²) in [5, 5.41) is 4.36. The summed E-state index contributed by atoms with van der Waals surface area (Å²) >= 11 is 12.0. The molecule has 0 amide bonds.